The summed E-state index contributed by atoms with van der Waals surface area (Å²) in [4.78, 5) is 12.9. The van der Waals surface area contributed by atoms with E-state index in [9.17, 15) is 4.79 Å². The molecule has 0 N–H and O–H groups in total. The fourth-order valence-corrected chi connectivity index (χ4v) is 2.17. The van der Waals surface area contributed by atoms with Crippen LogP contribution in [0.4, 0.5) is 0 Å². The van der Waals surface area contributed by atoms with Crippen molar-refractivity contribution in [3.05, 3.63) is 41.7 Å². The van der Waals surface area contributed by atoms with Gasteiger partial charge in [0.2, 0.25) is 0 Å². The SMILES string of the molecule is Cc1ccc(SCC(=O)c2cnnn2C)cc1. The fourth-order valence-electron chi connectivity index (χ4n) is 1.40. The van der Waals surface area contributed by atoms with Gasteiger partial charge in [0.1, 0.15) is 5.69 Å². The predicted molar refractivity (Wildman–Crippen MR) is 67.2 cm³/mol. The lowest BCUT2D eigenvalue weighted by Crippen LogP contribution is -2.08. The third-order valence-corrected chi connectivity index (χ3v) is 3.40. The first-order valence-corrected chi connectivity index (χ1v) is 6.23. The van der Waals surface area contributed by atoms with Crippen molar-refractivity contribution in [2.45, 2.75) is 11.8 Å². The topological polar surface area (TPSA) is 47.8 Å². The summed E-state index contributed by atoms with van der Waals surface area (Å²) in [5.74, 6) is 0.452. The van der Waals surface area contributed by atoms with Crippen molar-refractivity contribution in [1.29, 1.82) is 0 Å². The predicted octanol–water partition coefficient (Wildman–Crippen LogP) is 2.10. The quantitative estimate of drug-likeness (QED) is 0.613. The molecular weight excluding hydrogens is 234 g/mol. The molecule has 0 saturated carbocycles. The highest BCUT2D eigenvalue weighted by Gasteiger charge is 2.11. The van der Waals surface area contributed by atoms with Gasteiger partial charge in [-0.05, 0) is 19.1 Å². The van der Waals surface area contributed by atoms with Crippen LogP contribution >= 0.6 is 11.8 Å². The van der Waals surface area contributed by atoms with Crippen LogP contribution in [0.15, 0.2) is 35.4 Å². The van der Waals surface area contributed by atoms with Gasteiger partial charge in [-0.2, -0.15) is 0 Å². The van der Waals surface area contributed by atoms with Gasteiger partial charge < -0.3 is 0 Å². The van der Waals surface area contributed by atoms with Gasteiger partial charge in [-0.15, -0.1) is 16.9 Å². The molecule has 0 amide bonds. The van der Waals surface area contributed by atoms with Gasteiger partial charge in [0.05, 0.1) is 11.9 Å². The molecule has 88 valence electrons. The Morgan fingerprint density at radius 1 is 1.35 bits per heavy atom. The largest absolute Gasteiger partial charge is 0.291 e. The van der Waals surface area contributed by atoms with Crippen LogP contribution in [0.2, 0.25) is 0 Å². The second-order valence-corrected chi connectivity index (χ2v) is 4.82. The van der Waals surface area contributed by atoms with Gasteiger partial charge in [-0.1, -0.05) is 22.9 Å². The van der Waals surface area contributed by atoms with E-state index in [0.717, 1.165) is 4.90 Å². The summed E-state index contributed by atoms with van der Waals surface area (Å²) in [6.45, 7) is 2.04. The van der Waals surface area contributed by atoms with Gasteiger partial charge in [-0.3, -0.25) is 4.79 Å². The number of hydrogen-bond acceptors (Lipinski definition) is 4. The lowest BCUT2D eigenvalue weighted by atomic mass is 10.2. The number of rotatable bonds is 4. The summed E-state index contributed by atoms with van der Waals surface area (Å²) in [5, 5.41) is 7.43. The number of aromatic nitrogens is 3. The summed E-state index contributed by atoms with van der Waals surface area (Å²) in [5.41, 5.74) is 1.76. The summed E-state index contributed by atoms with van der Waals surface area (Å²) >= 11 is 1.53. The summed E-state index contributed by atoms with van der Waals surface area (Å²) in [6.07, 6.45) is 1.50. The average molecular weight is 247 g/mol. The average Bonchev–Trinajstić information content (AvgIpc) is 2.74. The third kappa shape index (κ3) is 2.94. The van der Waals surface area contributed by atoms with Gasteiger partial charge in [0.15, 0.2) is 5.78 Å². The van der Waals surface area contributed by atoms with Gasteiger partial charge in [0, 0.05) is 11.9 Å². The zero-order valence-corrected chi connectivity index (χ0v) is 10.6. The van der Waals surface area contributed by atoms with E-state index in [1.165, 1.54) is 28.2 Å². The number of thioether (sulfide) groups is 1. The highest BCUT2D eigenvalue weighted by molar-refractivity contribution is 8.00. The Kier molecular flexibility index (Phi) is 3.58. The van der Waals surface area contributed by atoms with Gasteiger partial charge >= 0.3 is 0 Å². The van der Waals surface area contributed by atoms with Gasteiger partial charge in [-0.25, -0.2) is 4.68 Å². The smallest absolute Gasteiger partial charge is 0.192 e. The van der Waals surface area contributed by atoms with Crippen LogP contribution in [0.25, 0.3) is 0 Å². The standard InChI is InChI=1S/C12H13N3OS/c1-9-3-5-10(6-4-9)17-8-12(16)11-7-13-14-15(11)2/h3-7H,8H2,1-2H3. The van der Waals surface area contributed by atoms with Crippen molar-refractivity contribution < 1.29 is 4.79 Å². The van der Waals surface area contributed by atoms with Crippen molar-refractivity contribution in [3.63, 3.8) is 0 Å². The minimum absolute atomic E-state index is 0.0445. The molecule has 4 nitrogen and oxygen atoms in total. The lowest BCUT2D eigenvalue weighted by molar-refractivity contribution is 0.101. The van der Waals surface area contributed by atoms with E-state index in [1.54, 1.807) is 7.05 Å². The Hall–Kier alpha value is -1.62. The van der Waals surface area contributed by atoms with Crippen LogP contribution in [0, 0.1) is 6.92 Å². The van der Waals surface area contributed by atoms with E-state index >= 15 is 0 Å². The molecule has 0 radical (unpaired) electrons. The normalized spacial score (nSPS) is 10.5. The van der Waals surface area contributed by atoms with Crippen LogP contribution < -0.4 is 0 Å². The summed E-state index contributed by atoms with van der Waals surface area (Å²) in [6, 6.07) is 8.13. The van der Waals surface area contributed by atoms with E-state index in [0.29, 0.717) is 11.4 Å². The van der Waals surface area contributed by atoms with E-state index in [2.05, 4.69) is 10.3 Å². The molecule has 2 rings (SSSR count). The molecule has 0 fully saturated rings. The minimum Gasteiger partial charge on any atom is -0.291 e. The van der Waals surface area contributed by atoms with Crippen molar-refractivity contribution in [3.8, 4) is 0 Å². The fraction of sp³-hybridized carbons (Fsp3) is 0.250. The maximum absolute atomic E-state index is 11.8. The highest BCUT2D eigenvalue weighted by atomic mass is 32.2. The molecule has 0 atom stereocenters. The lowest BCUT2D eigenvalue weighted by Gasteiger charge is -2.01. The summed E-state index contributed by atoms with van der Waals surface area (Å²) in [7, 11) is 1.72. The van der Waals surface area contributed by atoms with Crippen LogP contribution in [0.3, 0.4) is 0 Å². The molecule has 1 aromatic carbocycles. The van der Waals surface area contributed by atoms with Crippen molar-refractivity contribution in [2.75, 3.05) is 5.75 Å². The Morgan fingerprint density at radius 2 is 2.06 bits per heavy atom. The number of ketones is 1. The van der Waals surface area contributed by atoms with E-state index < -0.39 is 0 Å². The van der Waals surface area contributed by atoms with E-state index in [4.69, 9.17) is 0 Å². The number of carbonyl (C=O) groups is 1. The highest BCUT2D eigenvalue weighted by Crippen LogP contribution is 2.19. The van der Waals surface area contributed by atoms with Crippen molar-refractivity contribution >= 4 is 17.5 Å². The first-order chi connectivity index (χ1) is 8.16. The molecule has 1 heterocycles. The van der Waals surface area contributed by atoms with Crippen LogP contribution in [-0.4, -0.2) is 26.5 Å². The number of Topliss-reactive ketones (excluding diaryl/α,β-unsaturated/α-hetero) is 1. The zero-order valence-electron chi connectivity index (χ0n) is 9.75. The Morgan fingerprint density at radius 3 is 2.65 bits per heavy atom. The second kappa shape index (κ2) is 5.14. The molecule has 0 aliphatic carbocycles. The maximum Gasteiger partial charge on any atom is 0.192 e. The molecule has 0 bridgehead atoms. The van der Waals surface area contributed by atoms with Crippen molar-refractivity contribution in [2.24, 2.45) is 7.05 Å². The number of nitrogens with zero attached hydrogens (tertiary/aromatic N) is 3. The van der Waals surface area contributed by atoms with Gasteiger partial charge in [0.25, 0.3) is 0 Å². The number of aryl methyl sites for hydroxylation is 2. The molecular formula is C12H13N3OS. The third-order valence-electron chi connectivity index (χ3n) is 2.39. The first kappa shape index (κ1) is 11.9. The van der Waals surface area contributed by atoms with E-state index in [-0.39, 0.29) is 5.78 Å². The molecule has 0 aliphatic rings. The van der Waals surface area contributed by atoms with Crippen LogP contribution in [0.5, 0.6) is 0 Å². The summed E-state index contributed by atoms with van der Waals surface area (Å²) < 4.78 is 1.50. The number of carbonyl (C=O) groups excluding carboxylic acids is 1. The molecule has 5 heteroatoms. The zero-order chi connectivity index (χ0) is 12.3. The van der Waals surface area contributed by atoms with Crippen LogP contribution in [0.1, 0.15) is 16.1 Å². The monoisotopic (exact) mass is 247 g/mol. The Labute approximate surface area is 104 Å². The second-order valence-electron chi connectivity index (χ2n) is 3.77. The molecule has 0 saturated heterocycles. The molecule has 1 aromatic heterocycles. The van der Waals surface area contributed by atoms with Crippen molar-refractivity contribution in [1.82, 2.24) is 15.0 Å². The molecule has 0 spiro atoms. The minimum atomic E-state index is 0.0445. The van der Waals surface area contributed by atoms with Crippen LogP contribution in [-0.2, 0) is 7.05 Å². The number of benzene rings is 1. The first-order valence-electron chi connectivity index (χ1n) is 5.24. The number of hydrogen-bond donors (Lipinski definition) is 0. The molecule has 0 unspecified atom stereocenters. The Balaban J connectivity index is 1.97. The molecule has 0 aliphatic heterocycles. The molecule has 2 aromatic rings. The maximum atomic E-state index is 11.8. The van der Waals surface area contributed by atoms with E-state index in [1.807, 2.05) is 31.2 Å². The molecule has 17 heavy (non-hydrogen) atoms. The Bertz CT molecular complexity index is 519.